The number of carbonyl (C=O) groups is 2. The third-order valence-electron chi connectivity index (χ3n) is 5.19. The van der Waals surface area contributed by atoms with Crippen LogP contribution in [0, 0.1) is 19.8 Å². The number of piperidine rings is 1. The molecule has 27 heavy (non-hydrogen) atoms. The lowest BCUT2D eigenvalue weighted by atomic mass is 9.97. The van der Waals surface area contributed by atoms with Crippen LogP contribution in [-0.4, -0.2) is 46.0 Å². The molecule has 0 aliphatic carbocycles. The van der Waals surface area contributed by atoms with E-state index in [0.717, 1.165) is 5.56 Å². The van der Waals surface area contributed by atoms with Crippen LogP contribution in [0.1, 0.15) is 37.5 Å². The van der Waals surface area contributed by atoms with Crippen LogP contribution in [0.3, 0.4) is 0 Å². The fraction of sp³-hybridized carbons (Fsp3) is 0.579. The molecule has 0 N–H and O–H groups in total. The molecule has 0 bridgehead atoms. The molecule has 0 atom stereocenters. The Morgan fingerprint density at radius 2 is 2.00 bits per heavy atom. The largest absolute Gasteiger partial charge is 0.466 e. The Kier molecular flexibility index (Phi) is 5.62. The number of rotatable bonds is 5. The molecule has 0 aromatic carbocycles. The summed E-state index contributed by atoms with van der Waals surface area (Å²) >= 11 is 0. The van der Waals surface area contributed by atoms with E-state index in [2.05, 4.69) is 4.98 Å². The zero-order valence-corrected chi connectivity index (χ0v) is 16.0. The normalized spacial score (nSPS) is 15.3. The van der Waals surface area contributed by atoms with E-state index in [9.17, 15) is 14.4 Å². The Balaban J connectivity index is 1.59. The first kappa shape index (κ1) is 19.1. The molecule has 0 unspecified atom stereocenters. The van der Waals surface area contributed by atoms with E-state index < -0.39 is 0 Å². The van der Waals surface area contributed by atoms with Gasteiger partial charge >= 0.3 is 5.97 Å². The molecular weight excluding hydrogens is 350 g/mol. The SMILES string of the molecule is CCOC(=O)C1CCN(C(=O)CCn2cnc3oc(C)c(C)c3c2=O)CC1. The first-order chi connectivity index (χ1) is 12.9. The van der Waals surface area contributed by atoms with Gasteiger partial charge in [-0.1, -0.05) is 0 Å². The van der Waals surface area contributed by atoms with Gasteiger partial charge in [0.1, 0.15) is 17.5 Å². The van der Waals surface area contributed by atoms with E-state index in [1.54, 1.807) is 18.7 Å². The number of carbonyl (C=O) groups excluding carboxylic acids is 2. The van der Waals surface area contributed by atoms with E-state index in [0.29, 0.717) is 49.4 Å². The van der Waals surface area contributed by atoms with Crippen LogP contribution < -0.4 is 5.56 Å². The Bertz CT molecular complexity index is 906. The predicted octanol–water partition coefficient (Wildman–Crippen LogP) is 1.80. The molecule has 1 aliphatic heterocycles. The maximum atomic E-state index is 12.6. The number of fused-ring (bicyclic) bond motifs is 1. The van der Waals surface area contributed by atoms with Gasteiger partial charge in [0.15, 0.2) is 0 Å². The van der Waals surface area contributed by atoms with Gasteiger partial charge in [-0.2, -0.15) is 0 Å². The highest BCUT2D eigenvalue weighted by molar-refractivity contribution is 5.78. The molecule has 2 aromatic heterocycles. The second-order valence-corrected chi connectivity index (χ2v) is 6.86. The Labute approximate surface area is 157 Å². The third kappa shape index (κ3) is 3.89. The molecule has 1 fully saturated rings. The summed E-state index contributed by atoms with van der Waals surface area (Å²) in [4.78, 5) is 42.8. The zero-order chi connectivity index (χ0) is 19.6. The van der Waals surface area contributed by atoms with Crippen molar-refractivity contribution in [3.63, 3.8) is 0 Å². The van der Waals surface area contributed by atoms with Crippen molar-refractivity contribution in [1.82, 2.24) is 14.5 Å². The predicted molar refractivity (Wildman–Crippen MR) is 98.3 cm³/mol. The average molecular weight is 375 g/mol. The number of aromatic nitrogens is 2. The molecule has 1 aliphatic rings. The van der Waals surface area contributed by atoms with Gasteiger partial charge in [0.2, 0.25) is 11.6 Å². The van der Waals surface area contributed by atoms with Gasteiger partial charge in [-0.25, -0.2) is 4.98 Å². The summed E-state index contributed by atoms with van der Waals surface area (Å²) in [5.74, 6) is 0.342. The lowest BCUT2D eigenvalue weighted by Crippen LogP contribution is -2.41. The van der Waals surface area contributed by atoms with E-state index in [-0.39, 0.29) is 36.3 Å². The van der Waals surface area contributed by atoms with Crippen molar-refractivity contribution in [2.45, 2.75) is 46.6 Å². The Morgan fingerprint density at radius 3 is 2.67 bits per heavy atom. The van der Waals surface area contributed by atoms with E-state index in [1.165, 1.54) is 10.9 Å². The molecule has 0 radical (unpaired) electrons. The standard InChI is InChI=1S/C19H25N3O5/c1-4-26-19(25)14-5-8-21(9-6-14)15(23)7-10-22-11-20-17-16(18(22)24)12(2)13(3)27-17/h11,14H,4-10H2,1-3H3. The summed E-state index contributed by atoms with van der Waals surface area (Å²) in [5, 5.41) is 0.470. The van der Waals surface area contributed by atoms with Crippen LogP contribution >= 0.6 is 0 Å². The van der Waals surface area contributed by atoms with E-state index >= 15 is 0 Å². The molecular formula is C19H25N3O5. The lowest BCUT2D eigenvalue weighted by molar-refractivity contribution is -0.151. The number of esters is 1. The molecule has 3 heterocycles. The summed E-state index contributed by atoms with van der Waals surface area (Å²) in [6, 6.07) is 0. The van der Waals surface area contributed by atoms with Crippen molar-refractivity contribution < 1.29 is 18.7 Å². The van der Waals surface area contributed by atoms with Gasteiger partial charge in [-0.15, -0.1) is 0 Å². The van der Waals surface area contributed by atoms with E-state index in [1.807, 2.05) is 6.92 Å². The van der Waals surface area contributed by atoms with Crippen molar-refractivity contribution in [3.8, 4) is 0 Å². The number of nitrogens with zero attached hydrogens (tertiary/aromatic N) is 3. The van der Waals surface area contributed by atoms with Crippen molar-refractivity contribution in [2.75, 3.05) is 19.7 Å². The molecule has 1 amide bonds. The second kappa shape index (κ2) is 7.94. The van der Waals surface area contributed by atoms with Crippen molar-refractivity contribution >= 4 is 23.0 Å². The van der Waals surface area contributed by atoms with Gasteiger partial charge in [-0.05, 0) is 33.6 Å². The maximum absolute atomic E-state index is 12.6. The maximum Gasteiger partial charge on any atom is 0.309 e. The summed E-state index contributed by atoms with van der Waals surface area (Å²) in [5.41, 5.74) is 0.922. The van der Waals surface area contributed by atoms with Crippen LogP contribution in [-0.2, 0) is 20.9 Å². The van der Waals surface area contributed by atoms with Crippen LogP contribution in [0.4, 0.5) is 0 Å². The first-order valence-electron chi connectivity index (χ1n) is 9.32. The third-order valence-corrected chi connectivity index (χ3v) is 5.19. The smallest absolute Gasteiger partial charge is 0.309 e. The minimum Gasteiger partial charge on any atom is -0.466 e. The minimum absolute atomic E-state index is 0.0237. The molecule has 3 rings (SSSR count). The molecule has 0 saturated carbocycles. The van der Waals surface area contributed by atoms with E-state index in [4.69, 9.17) is 9.15 Å². The summed E-state index contributed by atoms with van der Waals surface area (Å²) in [7, 11) is 0. The van der Waals surface area contributed by atoms with Gasteiger partial charge in [0, 0.05) is 31.6 Å². The highest BCUT2D eigenvalue weighted by Crippen LogP contribution is 2.20. The van der Waals surface area contributed by atoms with Crippen LogP contribution in [0.15, 0.2) is 15.5 Å². The number of ether oxygens (including phenoxy) is 1. The zero-order valence-electron chi connectivity index (χ0n) is 16.0. The number of hydrogen-bond acceptors (Lipinski definition) is 6. The highest BCUT2D eigenvalue weighted by atomic mass is 16.5. The second-order valence-electron chi connectivity index (χ2n) is 6.86. The Morgan fingerprint density at radius 1 is 1.30 bits per heavy atom. The highest BCUT2D eigenvalue weighted by Gasteiger charge is 2.28. The van der Waals surface area contributed by atoms with Gasteiger partial charge in [-0.3, -0.25) is 19.0 Å². The summed E-state index contributed by atoms with van der Waals surface area (Å²) < 4.78 is 12.0. The number of hydrogen-bond donors (Lipinski definition) is 0. The first-order valence-corrected chi connectivity index (χ1v) is 9.32. The monoisotopic (exact) mass is 375 g/mol. The van der Waals surface area contributed by atoms with Gasteiger partial charge < -0.3 is 14.1 Å². The quantitative estimate of drug-likeness (QED) is 0.740. The molecule has 0 spiro atoms. The van der Waals surface area contributed by atoms with Crippen molar-refractivity contribution in [2.24, 2.45) is 5.92 Å². The van der Waals surface area contributed by atoms with Crippen LogP contribution in [0.5, 0.6) is 0 Å². The van der Waals surface area contributed by atoms with Crippen LogP contribution in [0.2, 0.25) is 0 Å². The van der Waals surface area contributed by atoms with Crippen LogP contribution in [0.25, 0.3) is 11.1 Å². The average Bonchev–Trinajstić information content (AvgIpc) is 2.96. The van der Waals surface area contributed by atoms with Gasteiger partial charge in [0.05, 0.1) is 12.5 Å². The number of furan rings is 1. The number of likely N-dealkylation sites (tertiary alicyclic amines) is 1. The number of amides is 1. The van der Waals surface area contributed by atoms with Gasteiger partial charge in [0.25, 0.3) is 5.56 Å². The fourth-order valence-electron chi connectivity index (χ4n) is 3.43. The lowest BCUT2D eigenvalue weighted by Gasteiger charge is -2.31. The van der Waals surface area contributed by atoms with Crippen molar-refractivity contribution in [3.05, 3.63) is 28.0 Å². The molecule has 2 aromatic rings. The van der Waals surface area contributed by atoms with Crippen molar-refractivity contribution in [1.29, 1.82) is 0 Å². The summed E-state index contributed by atoms with van der Waals surface area (Å²) in [6.07, 6.45) is 2.87. The molecule has 8 heteroatoms. The Hall–Kier alpha value is -2.64. The molecule has 8 nitrogen and oxygen atoms in total. The topological polar surface area (TPSA) is 94.6 Å². The fourth-order valence-corrected chi connectivity index (χ4v) is 3.43. The number of aryl methyl sites for hydroxylation is 3. The summed E-state index contributed by atoms with van der Waals surface area (Å²) in [6.45, 7) is 7.13. The minimum atomic E-state index is -0.192. The molecule has 146 valence electrons. The molecule has 1 saturated heterocycles.